The van der Waals surface area contributed by atoms with Gasteiger partial charge in [-0.15, -0.1) is 12.6 Å². The van der Waals surface area contributed by atoms with Gasteiger partial charge < -0.3 is 10.2 Å². The first-order valence-electron chi connectivity index (χ1n) is 7.44. The molecule has 4 heteroatoms. The van der Waals surface area contributed by atoms with Crippen LogP contribution < -0.4 is 5.32 Å². The zero-order chi connectivity index (χ0) is 14.4. The molecule has 0 saturated carbocycles. The molecule has 0 spiro atoms. The summed E-state index contributed by atoms with van der Waals surface area (Å²) in [4.78, 5) is 15.3. The predicted octanol–water partition coefficient (Wildman–Crippen LogP) is 2.37. The minimum Gasteiger partial charge on any atom is -0.356 e. The lowest BCUT2D eigenvalue weighted by molar-refractivity contribution is -0.120. The van der Waals surface area contributed by atoms with E-state index in [1.807, 2.05) is 24.3 Å². The van der Waals surface area contributed by atoms with E-state index in [-0.39, 0.29) is 5.91 Å². The third-order valence-corrected chi connectivity index (χ3v) is 4.34. The lowest BCUT2D eigenvalue weighted by Gasteiger charge is -2.31. The molecule has 0 aromatic heterocycles. The van der Waals surface area contributed by atoms with Crippen LogP contribution in [0, 0.1) is 5.92 Å². The molecule has 1 aromatic rings. The third-order valence-electron chi connectivity index (χ3n) is 4.04. The smallest absolute Gasteiger partial charge is 0.224 e. The molecule has 1 saturated heterocycles. The second-order valence-corrected chi connectivity index (χ2v) is 6.04. The van der Waals surface area contributed by atoms with Crippen LogP contribution in [0.4, 0.5) is 0 Å². The Labute approximate surface area is 127 Å². The quantitative estimate of drug-likeness (QED) is 0.817. The fourth-order valence-corrected chi connectivity index (χ4v) is 2.78. The molecule has 0 unspecified atom stereocenters. The molecule has 0 bridgehead atoms. The van der Waals surface area contributed by atoms with Crippen molar-refractivity contribution in [1.29, 1.82) is 0 Å². The Morgan fingerprint density at radius 2 is 1.95 bits per heavy atom. The van der Waals surface area contributed by atoms with E-state index in [0.717, 1.165) is 23.5 Å². The minimum absolute atomic E-state index is 0.120. The highest BCUT2D eigenvalue weighted by atomic mass is 32.1. The van der Waals surface area contributed by atoms with Crippen LogP contribution in [0.2, 0.25) is 0 Å². The average Bonchev–Trinajstić information content (AvgIpc) is 2.48. The van der Waals surface area contributed by atoms with Gasteiger partial charge in [-0.1, -0.05) is 19.1 Å². The topological polar surface area (TPSA) is 32.3 Å². The second-order valence-electron chi connectivity index (χ2n) is 5.52. The van der Waals surface area contributed by atoms with Crippen molar-refractivity contribution in [2.75, 3.05) is 26.2 Å². The lowest BCUT2D eigenvalue weighted by atomic mass is 9.97. The van der Waals surface area contributed by atoms with Crippen LogP contribution >= 0.6 is 12.6 Å². The summed E-state index contributed by atoms with van der Waals surface area (Å²) in [5, 5.41) is 3.07. The van der Waals surface area contributed by atoms with Crippen LogP contribution in [0.3, 0.4) is 0 Å². The number of nitrogens with one attached hydrogen (secondary N) is 1. The molecule has 20 heavy (non-hydrogen) atoms. The fraction of sp³-hybridized carbons (Fsp3) is 0.562. The summed E-state index contributed by atoms with van der Waals surface area (Å²) in [7, 11) is 0. The number of piperidine rings is 1. The van der Waals surface area contributed by atoms with Crippen LogP contribution in [-0.4, -0.2) is 37.0 Å². The highest BCUT2D eigenvalue weighted by Crippen LogP contribution is 2.16. The molecular formula is C16H24N2OS. The first-order valence-corrected chi connectivity index (χ1v) is 7.89. The Balaban J connectivity index is 1.69. The number of thiol groups is 1. The molecule has 0 atom stereocenters. The molecule has 2 rings (SSSR count). The van der Waals surface area contributed by atoms with Gasteiger partial charge in [0.2, 0.25) is 5.91 Å². The number of carbonyl (C=O) groups excluding carboxylic acids is 1. The summed E-state index contributed by atoms with van der Waals surface area (Å²) in [5.41, 5.74) is 1.04. The van der Waals surface area contributed by atoms with E-state index in [2.05, 4.69) is 29.8 Å². The number of nitrogens with zero attached hydrogens (tertiary/aromatic N) is 1. The van der Waals surface area contributed by atoms with Crippen molar-refractivity contribution in [1.82, 2.24) is 10.2 Å². The monoisotopic (exact) mass is 292 g/mol. The van der Waals surface area contributed by atoms with Gasteiger partial charge in [0, 0.05) is 11.4 Å². The van der Waals surface area contributed by atoms with Crippen LogP contribution in [0.25, 0.3) is 0 Å². The number of hydrogen-bond donors (Lipinski definition) is 2. The van der Waals surface area contributed by atoms with Gasteiger partial charge in [-0.25, -0.2) is 0 Å². The van der Waals surface area contributed by atoms with Crippen molar-refractivity contribution in [3.8, 4) is 0 Å². The number of hydrogen-bond acceptors (Lipinski definition) is 3. The van der Waals surface area contributed by atoms with Crippen LogP contribution in [-0.2, 0) is 11.2 Å². The van der Waals surface area contributed by atoms with Crippen molar-refractivity contribution < 1.29 is 4.79 Å². The fourth-order valence-electron chi connectivity index (χ4n) is 2.63. The van der Waals surface area contributed by atoms with Gasteiger partial charge in [0.15, 0.2) is 0 Å². The largest absolute Gasteiger partial charge is 0.356 e. The highest BCUT2D eigenvalue weighted by molar-refractivity contribution is 7.80. The first-order chi connectivity index (χ1) is 9.67. The standard InChI is InChI=1S/C16H24N2OS/c1-2-18-9-7-14(8-10-18)12-17-16(19)11-13-3-5-15(20)6-4-13/h3-6,14,20H,2,7-12H2,1H3,(H,17,19). The van der Waals surface area contributed by atoms with Crippen molar-refractivity contribution in [3.63, 3.8) is 0 Å². The Morgan fingerprint density at radius 3 is 2.55 bits per heavy atom. The third kappa shape index (κ3) is 4.84. The molecule has 1 heterocycles. The molecule has 0 aliphatic carbocycles. The van der Waals surface area contributed by atoms with Gasteiger partial charge in [-0.05, 0) is 56.1 Å². The maximum atomic E-state index is 11.9. The second kappa shape index (κ2) is 7.70. The molecule has 1 amide bonds. The van der Waals surface area contributed by atoms with Gasteiger partial charge in [-0.2, -0.15) is 0 Å². The summed E-state index contributed by atoms with van der Waals surface area (Å²) in [6.07, 6.45) is 2.85. The maximum absolute atomic E-state index is 11.9. The summed E-state index contributed by atoms with van der Waals surface area (Å²) >= 11 is 4.24. The van der Waals surface area contributed by atoms with E-state index >= 15 is 0 Å². The Kier molecular flexibility index (Phi) is 5.92. The summed E-state index contributed by atoms with van der Waals surface area (Å²) < 4.78 is 0. The molecule has 1 fully saturated rings. The molecule has 1 aliphatic heterocycles. The molecule has 110 valence electrons. The Hall–Kier alpha value is -1.00. The van der Waals surface area contributed by atoms with Crippen molar-refractivity contribution in [2.45, 2.75) is 31.1 Å². The van der Waals surface area contributed by atoms with E-state index in [9.17, 15) is 4.79 Å². The lowest BCUT2D eigenvalue weighted by Crippen LogP contribution is -2.38. The van der Waals surface area contributed by atoms with Gasteiger partial charge in [0.25, 0.3) is 0 Å². The van der Waals surface area contributed by atoms with E-state index in [1.165, 1.54) is 25.9 Å². The molecule has 3 nitrogen and oxygen atoms in total. The number of rotatable bonds is 5. The van der Waals surface area contributed by atoms with Crippen molar-refractivity contribution in [2.24, 2.45) is 5.92 Å². The Bertz CT molecular complexity index is 425. The maximum Gasteiger partial charge on any atom is 0.224 e. The SMILES string of the molecule is CCN1CCC(CNC(=O)Cc2ccc(S)cc2)CC1. The normalized spacial score (nSPS) is 17.1. The zero-order valence-electron chi connectivity index (χ0n) is 12.1. The van der Waals surface area contributed by atoms with Gasteiger partial charge in [0.1, 0.15) is 0 Å². The summed E-state index contributed by atoms with van der Waals surface area (Å²) in [5.74, 6) is 0.761. The predicted molar refractivity (Wildman–Crippen MR) is 85.2 cm³/mol. The molecule has 1 aromatic carbocycles. The number of benzene rings is 1. The van der Waals surface area contributed by atoms with Crippen LogP contribution in [0.15, 0.2) is 29.2 Å². The van der Waals surface area contributed by atoms with E-state index in [0.29, 0.717) is 12.3 Å². The van der Waals surface area contributed by atoms with Crippen LogP contribution in [0.5, 0.6) is 0 Å². The van der Waals surface area contributed by atoms with Gasteiger partial charge in [0.05, 0.1) is 6.42 Å². The summed E-state index contributed by atoms with van der Waals surface area (Å²) in [6, 6.07) is 7.77. The molecule has 0 radical (unpaired) electrons. The van der Waals surface area contributed by atoms with E-state index < -0.39 is 0 Å². The van der Waals surface area contributed by atoms with E-state index in [4.69, 9.17) is 0 Å². The molecule has 1 N–H and O–H groups in total. The number of likely N-dealkylation sites (tertiary alicyclic amines) is 1. The van der Waals surface area contributed by atoms with E-state index in [1.54, 1.807) is 0 Å². The van der Waals surface area contributed by atoms with Crippen LogP contribution in [0.1, 0.15) is 25.3 Å². The molecule has 1 aliphatic rings. The van der Waals surface area contributed by atoms with Crippen molar-refractivity contribution in [3.05, 3.63) is 29.8 Å². The zero-order valence-corrected chi connectivity index (χ0v) is 13.0. The van der Waals surface area contributed by atoms with Gasteiger partial charge in [-0.3, -0.25) is 4.79 Å². The minimum atomic E-state index is 0.120. The number of amides is 1. The van der Waals surface area contributed by atoms with Gasteiger partial charge >= 0.3 is 0 Å². The number of carbonyl (C=O) groups is 1. The Morgan fingerprint density at radius 1 is 1.30 bits per heavy atom. The molecular weight excluding hydrogens is 268 g/mol. The average molecular weight is 292 g/mol. The first kappa shape index (κ1) is 15.4. The highest BCUT2D eigenvalue weighted by Gasteiger charge is 2.18. The van der Waals surface area contributed by atoms with Crippen molar-refractivity contribution >= 4 is 18.5 Å². The summed E-state index contributed by atoms with van der Waals surface area (Å²) in [6.45, 7) is 6.50.